The van der Waals surface area contributed by atoms with Crippen molar-refractivity contribution in [1.29, 1.82) is 0 Å². The molecule has 2 aromatic carbocycles. The fraction of sp³-hybridized carbons (Fsp3) is 0.647. The van der Waals surface area contributed by atoms with Gasteiger partial charge in [-0.05, 0) is 67.2 Å². The number of aryl methyl sites for hydroxylation is 1. The summed E-state index contributed by atoms with van der Waals surface area (Å²) in [4.78, 5) is 2.61. The van der Waals surface area contributed by atoms with Crippen molar-refractivity contribution in [1.82, 2.24) is 0 Å². The largest absolute Gasteiger partial charge is 0.371 e. The van der Waals surface area contributed by atoms with Crippen LogP contribution in [0, 0.1) is 24.7 Å². The smallest absolute Gasteiger partial charge is 0.0366 e. The zero-order valence-corrected chi connectivity index (χ0v) is 24.6. The van der Waals surface area contributed by atoms with Gasteiger partial charge < -0.3 is 4.90 Å². The van der Waals surface area contributed by atoms with Gasteiger partial charge in [0.05, 0.1) is 0 Å². The minimum atomic E-state index is 0.760. The van der Waals surface area contributed by atoms with Crippen LogP contribution in [0.25, 0.3) is 0 Å². The number of hydrogen-bond donors (Lipinski definition) is 0. The molecule has 1 unspecified atom stereocenters. The maximum absolute atomic E-state index is 2.61. The molecule has 1 heteroatoms. The van der Waals surface area contributed by atoms with Gasteiger partial charge in [0.15, 0.2) is 0 Å². The Balaban J connectivity index is 0.000000465. The molecule has 4 rings (SSSR count). The van der Waals surface area contributed by atoms with Crippen molar-refractivity contribution in [3.63, 3.8) is 0 Å². The maximum Gasteiger partial charge on any atom is 0.0366 e. The van der Waals surface area contributed by atoms with E-state index in [4.69, 9.17) is 0 Å². The Morgan fingerprint density at radius 2 is 1.23 bits per heavy atom. The summed E-state index contributed by atoms with van der Waals surface area (Å²) >= 11 is 0. The Labute approximate surface area is 219 Å². The van der Waals surface area contributed by atoms with Crippen LogP contribution in [0.1, 0.15) is 117 Å². The van der Waals surface area contributed by atoms with Crippen molar-refractivity contribution in [3.05, 3.63) is 65.2 Å². The first-order valence-corrected chi connectivity index (χ1v) is 14.9. The summed E-state index contributed by atoms with van der Waals surface area (Å²) in [5, 5.41) is 0. The molecule has 0 aliphatic heterocycles. The van der Waals surface area contributed by atoms with Gasteiger partial charge in [0, 0.05) is 18.8 Å². The van der Waals surface area contributed by atoms with Crippen LogP contribution in [-0.4, -0.2) is 13.1 Å². The molecule has 1 nitrogen and oxygen atoms in total. The molecule has 0 spiro atoms. The second-order valence-corrected chi connectivity index (χ2v) is 10.5. The number of rotatable bonds is 10. The Hall–Kier alpha value is -1.76. The molecule has 2 aliphatic rings. The Kier molecular flexibility index (Phi) is 16.5. The van der Waals surface area contributed by atoms with Gasteiger partial charge >= 0.3 is 0 Å². The lowest BCUT2D eigenvalue weighted by atomic mass is 10.0. The summed E-state index contributed by atoms with van der Waals surface area (Å²) in [6, 6.07) is 18.2. The Morgan fingerprint density at radius 3 is 1.60 bits per heavy atom. The lowest BCUT2D eigenvalue weighted by Gasteiger charge is -2.28. The summed E-state index contributed by atoms with van der Waals surface area (Å²) < 4.78 is 0. The fourth-order valence-electron chi connectivity index (χ4n) is 3.70. The number of nitrogens with zero attached hydrogens (tertiary/aromatic N) is 1. The van der Waals surface area contributed by atoms with E-state index in [0.717, 1.165) is 24.2 Å². The third-order valence-corrected chi connectivity index (χ3v) is 7.01. The minimum absolute atomic E-state index is 0.760. The monoisotopic (exact) mass is 479 g/mol. The summed E-state index contributed by atoms with van der Waals surface area (Å²) in [7, 11) is 0. The van der Waals surface area contributed by atoms with Crippen LogP contribution in [0.3, 0.4) is 0 Å². The van der Waals surface area contributed by atoms with Crippen LogP contribution in [0.2, 0.25) is 0 Å². The van der Waals surface area contributed by atoms with Crippen molar-refractivity contribution < 1.29 is 0 Å². The van der Waals surface area contributed by atoms with E-state index in [2.05, 4.69) is 95.0 Å². The topological polar surface area (TPSA) is 3.24 Å². The minimum Gasteiger partial charge on any atom is -0.371 e. The highest BCUT2D eigenvalue weighted by atomic mass is 15.1. The van der Waals surface area contributed by atoms with Gasteiger partial charge in [-0.1, -0.05) is 129 Å². The zero-order valence-electron chi connectivity index (χ0n) is 24.6. The average molecular weight is 480 g/mol. The Morgan fingerprint density at radius 1 is 0.743 bits per heavy atom. The lowest BCUT2D eigenvalue weighted by molar-refractivity contribution is 0.535. The van der Waals surface area contributed by atoms with Gasteiger partial charge in [-0.25, -0.2) is 0 Å². The summed E-state index contributed by atoms with van der Waals surface area (Å²) in [5.74, 6) is 2.83. The molecule has 0 amide bonds. The molecule has 2 aromatic rings. The molecule has 0 N–H and O–H groups in total. The summed E-state index contributed by atoms with van der Waals surface area (Å²) in [6.45, 7) is 19.9. The molecule has 0 radical (unpaired) electrons. The first kappa shape index (κ1) is 31.3. The second kappa shape index (κ2) is 18.5. The number of unbranched alkanes of at least 4 members (excludes halogenated alkanes) is 1. The molecule has 0 aromatic heterocycles. The van der Waals surface area contributed by atoms with Crippen molar-refractivity contribution in [2.45, 2.75) is 113 Å². The molecule has 0 bridgehead atoms. The van der Waals surface area contributed by atoms with Gasteiger partial charge in [0.1, 0.15) is 0 Å². The molecule has 2 saturated carbocycles. The molecular formula is C34H57N. The van der Waals surface area contributed by atoms with Crippen LogP contribution in [0.15, 0.2) is 48.5 Å². The van der Waals surface area contributed by atoms with E-state index >= 15 is 0 Å². The van der Waals surface area contributed by atoms with Gasteiger partial charge in [0.2, 0.25) is 0 Å². The van der Waals surface area contributed by atoms with E-state index < -0.39 is 0 Å². The number of benzene rings is 2. The van der Waals surface area contributed by atoms with E-state index in [0.29, 0.717) is 0 Å². The SMILES string of the molecule is CC.CCC(C)CN(CC1CC1)c1ccc(Cc2ccc(C)cc2)cc1.CCC1CC1.CCCC. The quantitative estimate of drug-likeness (QED) is 0.327. The maximum atomic E-state index is 2.61. The molecule has 198 valence electrons. The van der Waals surface area contributed by atoms with Gasteiger partial charge in [-0.15, -0.1) is 0 Å². The second-order valence-electron chi connectivity index (χ2n) is 10.5. The zero-order chi connectivity index (χ0) is 26.1. The third kappa shape index (κ3) is 14.4. The molecule has 2 fully saturated rings. The molecule has 1 atom stereocenters. The molecular weight excluding hydrogens is 422 g/mol. The van der Waals surface area contributed by atoms with Crippen LogP contribution in [0.5, 0.6) is 0 Å². The van der Waals surface area contributed by atoms with Crippen LogP contribution < -0.4 is 4.90 Å². The van der Waals surface area contributed by atoms with Crippen LogP contribution >= 0.6 is 0 Å². The fourth-order valence-corrected chi connectivity index (χ4v) is 3.70. The highest BCUT2D eigenvalue weighted by Gasteiger charge is 2.25. The standard InChI is InChI=1S/C23H31N.C5H10.C4H10.C2H6/c1-4-18(2)16-24(17-22-9-10-22)23-13-11-21(12-14-23)15-20-7-5-19(3)6-8-20;1-2-5-3-4-5;1-3-4-2;1-2/h5-8,11-14,18,22H,4,9-10,15-17H2,1-3H3;5H,2-4H2,1H3;3-4H2,1-2H3;1-2H3. The average Bonchev–Trinajstić information content (AvgIpc) is 3.82. The predicted molar refractivity (Wildman–Crippen MR) is 160 cm³/mol. The number of anilines is 1. The van der Waals surface area contributed by atoms with Crippen molar-refractivity contribution in [3.8, 4) is 0 Å². The predicted octanol–water partition coefficient (Wildman–Crippen LogP) is 10.5. The van der Waals surface area contributed by atoms with E-state index in [9.17, 15) is 0 Å². The molecule has 0 heterocycles. The van der Waals surface area contributed by atoms with E-state index in [1.807, 2.05) is 13.8 Å². The lowest BCUT2D eigenvalue weighted by Crippen LogP contribution is -2.30. The van der Waals surface area contributed by atoms with E-state index in [-0.39, 0.29) is 0 Å². The first-order chi connectivity index (χ1) is 17.0. The Bertz CT molecular complexity index is 735. The molecule has 0 saturated heterocycles. The highest BCUT2D eigenvalue weighted by molar-refractivity contribution is 5.48. The first-order valence-electron chi connectivity index (χ1n) is 14.9. The molecule has 2 aliphatic carbocycles. The van der Waals surface area contributed by atoms with Crippen LogP contribution in [0.4, 0.5) is 5.69 Å². The summed E-state index contributed by atoms with van der Waals surface area (Å²) in [5.41, 5.74) is 5.52. The third-order valence-electron chi connectivity index (χ3n) is 7.01. The van der Waals surface area contributed by atoms with Gasteiger partial charge in [0.25, 0.3) is 0 Å². The van der Waals surface area contributed by atoms with Gasteiger partial charge in [-0.3, -0.25) is 0 Å². The van der Waals surface area contributed by atoms with E-state index in [1.165, 1.54) is 86.8 Å². The number of hydrogen-bond acceptors (Lipinski definition) is 1. The summed E-state index contributed by atoms with van der Waals surface area (Å²) in [6.07, 6.45) is 12.2. The highest BCUT2D eigenvalue weighted by Crippen LogP contribution is 2.32. The van der Waals surface area contributed by atoms with Crippen LogP contribution in [-0.2, 0) is 6.42 Å². The normalized spacial score (nSPS) is 14.9. The van der Waals surface area contributed by atoms with Gasteiger partial charge in [-0.2, -0.15) is 0 Å². The van der Waals surface area contributed by atoms with Crippen molar-refractivity contribution in [2.24, 2.45) is 17.8 Å². The van der Waals surface area contributed by atoms with Crippen molar-refractivity contribution in [2.75, 3.05) is 18.0 Å². The van der Waals surface area contributed by atoms with E-state index in [1.54, 1.807) is 0 Å². The van der Waals surface area contributed by atoms with Crippen molar-refractivity contribution >= 4 is 5.69 Å². The molecule has 35 heavy (non-hydrogen) atoms.